The molecule has 4 heteroatoms. The van der Waals surface area contributed by atoms with Crippen LogP contribution in [0, 0.1) is 6.92 Å². The molecule has 100 valence electrons. The minimum Gasteiger partial charge on any atom is -0.389 e. The van der Waals surface area contributed by atoms with Gasteiger partial charge < -0.3 is 10.6 Å². The molecule has 0 amide bonds. The molecule has 1 aromatic heterocycles. The first-order chi connectivity index (χ1) is 9.11. The molecule has 0 aliphatic carbocycles. The zero-order chi connectivity index (χ0) is 13.8. The van der Waals surface area contributed by atoms with E-state index >= 15 is 0 Å². The van der Waals surface area contributed by atoms with E-state index in [9.17, 15) is 0 Å². The Morgan fingerprint density at radius 1 is 1.37 bits per heavy atom. The molecule has 0 radical (unpaired) electrons. The fourth-order valence-corrected chi connectivity index (χ4v) is 3.05. The second-order valence-electron chi connectivity index (χ2n) is 4.46. The molecule has 0 saturated heterocycles. The zero-order valence-electron chi connectivity index (χ0n) is 11.2. The predicted molar refractivity (Wildman–Crippen MR) is 88.1 cm³/mol. The first-order valence-electron chi connectivity index (χ1n) is 6.29. The van der Waals surface area contributed by atoms with Crippen LogP contribution in [-0.4, -0.2) is 11.5 Å². The Labute approximate surface area is 123 Å². The van der Waals surface area contributed by atoms with Crippen LogP contribution < -0.4 is 10.6 Å². The largest absolute Gasteiger partial charge is 0.389 e. The van der Waals surface area contributed by atoms with Crippen molar-refractivity contribution < 1.29 is 0 Å². The van der Waals surface area contributed by atoms with Crippen LogP contribution >= 0.6 is 23.6 Å². The van der Waals surface area contributed by atoms with Crippen LogP contribution in [0.15, 0.2) is 35.7 Å². The predicted octanol–water partition coefficient (Wildman–Crippen LogP) is 3.72. The monoisotopic (exact) mass is 290 g/mol. The summed E-state index contributed by atoms with van der Waals surface area (Å²) < 4.78 is 0. The van der Waals surface area contributed by atoms with Crippen molar-refractivity contribution in [3.8, 4) is 0 Å². The summed E-state index contributed by atoms with van der Waals surface area (Å²) >= 11 is 6.84. The molecule has 2 N–H and O–H groups in total. The van der Waals surface area contributed by atoms with E-state index in [1.807, 2.05) is 6.07 Å². The van der Waals surface area contributed by atoms with Crippen molar-refractivity contribution in [1.29, 1.82) is 0 Å². The van der Waals surface area contributed by atoms with E-state index < -0.39 is 0 Å². The number of nitrogens with zero attached hydrogens (tertiary/aromatic N) is 1. The molecule has 1 heterocycles. The van der Waals surface area contributed by atoms with Crippen molar-refractivity contribution in [2.75, 3.05) is 11.4 Å². The lowest BCUT2D eigenvalue weighted by Crippen LogP contribution is -2.22. The second kappa shape index (κ2) is 6.17. The van der Waals surface area contributed by atoms with Gasteiger partial charge in [-0.05, 0) is 49.1 Å². The number of benzene rings is 1. The van der Waals surface area contributed by atoms with Gasteiger partial charge in [0.2, 0.25) is 0 Å². The first kappa shape index (κ1) is 14.0. The van der Waals surface area contributed by atoms with E-state index in [-0.39, 0.29) is 0 Å². The Hall–Kier alpha value is -1.39. The van der Waals surface area contributed by atoms with Gasteiger partial charge in [0.25, 0.3) is 0 Å². The van der Waals surface area contributed by atoms with Crippen molar-refractivity contribution in [3.05, 3.63) is 51.7 Å². The van der Waals surface area contributed by atoms with E-state index in [1.54, 1.807) is 11.3 Å². The molecule has 2 rings (SSSR count). The van der Waals surface area contributed by atoms with Gasteiger partial charge in [-0.2, -0.15) is 0 Å². The van der Waals surface area contributed by atoms with Gasteiger partial charge >= 0.3 is 0 Å². The lowest BCUT2D eigenvalue weighted by molar-refractivity contribution is 0.842. The maximum atomic E-state index is 5.70. The molecule has 0 aliphatic heterocycles. The molecular weight excluding hydrogens is 272 g/mol. The topological polar surface area (TPSA) is 29.3 Å². The van der Waals surface area contributed by atoms with Crippen LogP contribution in [0.1, 0.15) is 22.9 Å². The van der Waals surface area contributed by atoms with Gasteiger partial charge in [-0.25, -0.2) is 0 Å². The minimum absolute atomic E-state index is 0.463. The van der Waals surface area contributed by atoms with Crippen molar-refractivity contribution in [1.82, 2.24) is 0 Å². The Bertz CT molecular complexity index is 562. The fourth-order valence-electron chi connectivity index (χ4n) is 2.10. The summed E-state index contributed by atoms with van der Waals surface area (Å²) in [5.74, 6) is 0. The van der Waals surface area contributed by atoms with Crippen molar-refractivity contribution in [2.24, 2.45) is 5.73 Å². The van der Waals surface area contributed by atoms with Gasteiger partial charge in [0, 0.05) is 22.7 Å². The van der Waals surface area contributed by atoms with Gasteiger partial charge in [0.15, 0.2) is 0 Å². The zero-order valence-corrected chi connectivity index (χ0v) is 12.9. The van der Waals surface area contributed by atoms with Crippen LogP contribution in [0.2, 0.25) is 0 Å². The highest BCUT2D eigenvalue weighted by atomic mass is 32.1. The van der Waals surface area contributed by atoms with Crippen molar-refractivity contribution >= 4 is 34.2 Å². The molecule has 0 spiro atoms. The number of rotatable bonds is 5. The minimum atomic E-state index is 0.463. The van der Waals surface area contributed by atoms with Crippen molar-refractivity contribution in [2.45, 2.75) is 20.4 Å². The van der Waals surface area contributed by atoms with Crippen LogP contribution in [0.25, 0.3) is 0 Å². The molecule has 2 aromatic rings. The molecule has 0 unspecified atom stereocenters. The molecule has 0 aliphatic rings. The Kier molecular flexibility index (Phi) is 4.56. The Morgan fingerprint density at radius 3 is 2.68 bits per heavy atom. The maximum absolute atomic E-state index is 5.70. The molecule has 2 nitrogen and oxygen atoms in total. The van der Waals surface area contributed by atoms with Crippen LogP contribution in [0.3, 0.4) is 0 Å². The van der Waals surface area contributed by atoms with E-state index in [0.29, 0.717) is 4.99 Å². The van der Waals surface area contributed by atoms with Crippen molar-refractivity contribution in [3.63, 3.8) is 0 Å². The van der Waals surface area contributed by atoms with Gasteiger partial charge in [-0.3, -0.25) is 0 Å². The number of aryl methyl sites for hydroxylation is 1. The lowest BCUT2D eigenvalue weighted by Gasteiger charge is -2.23. The molecule has 0 atom stereocenters. The normalized spacial score (nSPS) is 10.4. The van der Waals surface area contributed by atoms with Gasteiger partial charge in [-0.15, -0.1) is 11.3 Å². The lowest BCUT2D eigenvalue weighted by atomic mass is 10.1. The third-order valence-corrected chi connectivity index (χ3v) is 4.23. The first-order valence-corrected chi connectivity index (χ1v) is 7.58. The highest BCUT2D eigenvalue weighted by molar-refractivity contribution is 7.80. The van der Waals surface area contributed by atoms with Gasteiger partial charge in [0.1, 0.15) is 4.99 Å². The summed E-state index contributed by atoms with van der Waals surface area (Å²) in [5.41, 5.74) is 9.02. The number of thiophene rings is 1. The highest BCUT2D eigenvalue weighted by Crippen LogP contribution is 2.22. The van der Waals surface area contributed by atoms with Gasteiger partial charge in [-0.1, -0.05) is 18.3 Å². The molecule has 0 fully saturated rings. The van der Waals surface area contributed by atoms with E-state index in [1.165, 1.54) is 10.6 Å². The standard InChI is InChI=1S/C15H18N2S2/c1-3-17(10-13-5-4-8-19-13)12-6-7-14(15(16)18)11(2)9-12/h4-9H,3,10H2,1-2H3,(H2,16,18). The Morgan fingerprint density at radius 2 is 2.16 bits per heavy atom. The average molecular weight is 290 g/mol. The summed E-state index contributed by atoms with van der Waals surface area (Å²) in [7, 11) is 0. The number of nitrogens with two attached hydrogens (primary N) is 1. The number of hydrogen-bond donors (Lipinski definition) is 1. The van der Waals surface area contributed by atoms with E-state index in [2.05, 4.69) is 48.4 Å². The second-order valence-corrected chi connectivity index (χ2v) is 5.93. The quantitative estimate of drug-likeness (QED) is 0.851. The fraction of sp³-hybridized carbons (Fsp3) is 0.267. The third kappa shape index (κ3) is 3.33. The maximum Gasteiger partial charge on any atom is 0.104 e. The molecule has 19 heavy (non-hydrogen) atoms. The van der Waals surface area contributed by atoms with Gasteiger partial charge in [0.05, 0.1) is 6.54 Å². The molecule has 0 saturated carbocycles. The van der Waals surface area contributed by atoms with E-state index in [4.69, 9.17) is 18.0 Å². The van der Waals surface area contributed by atoms with Crippen LogP contribution in [0.5, 0.6) is 0 Å². The summed E-state index contributed by atoms with van der Waals surface area (Å²) in [6.07, 6.45) is 0. The summed E-state index contributed by atoms with van der Waals surface area (Å²) in [5, 5.41) is 2.12. The third-order valence-electron chi connectivity index (χ3n) is 3.15. The molecular formula is C15H18N2S2. The average Bonchev–Trinajstić information content (AvgIpc) is 2.88. The molecule has 1 aromatic carbocycles. The van der Waals surface area contributed by atoms with Crippen LogP contribution in [-0.2, 0) is 6.54 Å². The number of thiocarbonyl (C=S) groups is 1. The van der Waals surface area contributed by atoms with E-state index in [0.717, 1.165) is 24.2 Å². The summed E-state index contributed by atoms with van der Waals surface area (Å²) in [6, 6.07) is 10.5. The smallest absolute Gasteiger partial charge is 0.104 e. The van der Waals surface area contributed by atoms with Crippen LogP contribution in [0.4, 0.5) is 5.69 Å². The Balaban J connectivity index is 2.23. The summed E-state index contributed by atoms with van der Waals surface area (Å²) in [4.78, 5) is 4.19. The summed E-state index contributed by atoms with van der Waals surface area (Å²) in [6.45, 7) is 6.14. The highest BCUT2D eigenvalue weighted by Gasteiger charge is 2.09. The number of anilines is 1. The molecule has 0 bridgehead atoms. The number of hydrogen-bond acceptors (Lipinski definition) is 3. The SMILES string of the molecule is CCN(Cc1cccs1)c1ccc(C(N)=S)c(C)c1.